The van der Waals surface area contributed by atoms with Gasteiger partial charge in [-0.2, -0.15) is 5.10 Å². The summed E-state index contributed by atoms with van der Waals surface area (Å²) in [6.07, 6.45) is 3.77. The number of hydrogen-bond donors (Lipinski definition) is 0. The molecule has 3 aromatic rings. The Kier molecular flexibility index (Phi) is 5.70. The molecule has 1 aromatic carbocycles. The zero-order valence-electron chi connectivity index (χ0n) is 14.7. The summed E-state index contributed by atoms with van der Waals surface area (Å²) < 4.78 is 9.20. The molecule has 0 atom stereocenters. The summed E-state index contributed by atoms with van der Waals surface area (Å²) in [5, 5.41) is 13.8. The van der Waals surface area contributed by atoms with Gasteiger partial charge < -0.3 is 9.30 Å². The minimum absolute atomic E-state index is 0.712. The molecule has 0 spiro atoms. The van der Waals surface area contributed by atoms with Gasteiger partial charge in [-0.1, -0.05) is 25.1 Å². The van der Waals surface area contributed by atoms with Gasteiger partial charge in [0.15, 0.2) is 11.0 Å². The van der Waals surface area contributed by atoms with Crippen LogP contribution in [0.1, 0.15) is 25.6 Å². The van der Waals surface area contributed by atoms with Gasteiger partial charge in [0.1, 0.15) is 17.9 Å². The molecule has 0 unspecified atom stereocenters. The Hall–Kier alpha value is -2.35. The number of ether oxygens (including phenoxy) is 1. The van der Waals surface area contributed by atoms with Gasteiger partial charge in [0.25, 0.3) is 0 Å². The van der Waals surface area contributed by atoms with E-state index in [2.05, 4.69) is 31.8 Å². The molecular formula is C17H22N6OS. The van der Waals surface area contributed by atoms with Crippen molar-refractivity contribution < 1.29 is 4.74 Å². The second kappa shape index (κ2) is 8.15. The maximum atomic E-state index is 5.23. The molecule has 0 fully saturated rings. The quantitative estimate of drug-likeness (QED) is 0.576. The summed E-state index contributed by atoms with van der Waals surface area (Å²) in [5.41, 5.74) is 1.04. The molecule has 3 rings (SSSR count). The summed E-state index contributed by atoms with van der Waals surface area (Å²) in [6.45, 7) is 3.08. The average Bonchev–Trinajstić information content (AvgIpc) is 3.24. The summed E-state index contributed by atoms with van der Waals surface area (Å²) in [4.78, 5) is 4.27. The molecule has 2 aromatic heterocycles. The van der Waals surface area contributed by atoms with Gasteiger partial charge in [0.2, 0.25) is 0 Å². The molecule has 2 heterocycles. The number of thioether (sulfide) groups is 1. The normalized spacial score (nSPS) is 11.0. The molecular weight excluding hydrogens is 336 g/mol. The first-order chi connectivity index (χ1) is 12.2. The van der Waals surface area contributed by atoms with Gasteiger partial charge in [0, 0.05) is 19.2 Å². The molecule has 7 nitrogen and oxygen atoms in total. The molecule has 0 amide bonds. The monoisotopic (exact) mass is 358 g/mol. The molecule has 0 saturated heterocycles. The number of aryl methyl sites for hydroxylation is 1. The van der Waals surface area contributed by atoms with Crippen LogP contribution in [0.3, 0.4) is 0 Å². The molecule has 0 aliphatic heterocycles. The fraction of sp³-hybridized carbons (Fsp3) is 0.412. The van der Waals surface area contributed by atoms with E-state index in [0.717, 1.165) is 47.5 Å². The topological polar surface area (TPSA) is 70.7 Å². The van der Waals surface area contributed by atoms with Crippen LogP contribution in [0, 0.1) is 0 Å². The second-order valence-corrected chi connectivity index (χ2v) is 6.57. The Labute approximate surface area is 151 Å². The second-order valence-electron chi connectivity index (χ2n) is 5.63. The van der Waals surface area contributed by atoms with E-state index in [4.69, 9.17) is 4.74 Å². The molecule has 0 N–H and O–H groups in total. The van der Waals surface area contributed by atoms with Gasteiger partial charge in [-0.25, -0.2) is 4.98 Å². The van der Waals surface area contributed by atoms with Crippen LogP contribution < -0.4 is 4.74 Å². The van der Waals surface area contributed by atoms with E-state index in [0.29, 0.717) is 5.75 Å². The van der Waals surface area contributed by atoms with Gasteiger partial charge in [-0.05, 0) is 30.7 Å². The lowest BCUT2D eigenvalue weighted by molar-refractivity contribution is 0.415. The molecule has 0 aliphatic carbocycles. The highest BCUT2D eigenvalue weighted by atomic mass is 32.2. The van der Waals surface area contributed by atoms with E-state index in [1.807, 2.05) is 31.3 Å². The molecule has 8 heteroatoms. The SMILES string of the molecule is CCCCn1c(SCc2ncnn2C)nnc1-c1ccc(OC)cc1. The minimum Gasteiger partial charge on any atom is -0.497 e. The highest BCUT2D eigenvalue weighted by molar-refractivity contribution is 7.98. The van der Waals surface area contributed by atoms with E-state index in [1.54, 1.807) is 29.9 Å². The van der Waals surface area contributed by atoms with Crippen molar-refractivity contribution in [2.75, 3.05) is 7.11 Å². The maximum Gasteiger partial charge on any atom is 0.191 e. The Morgan fingerprint density at radius 1 is 1.16 bits per heavy atom. The van der Waals surface area contributed by atoms with Crippen molar-refractivity contribution in [2.24, 2.45) is 7.05 Å². The smallest absolute Gasteiger partial charge is 0.191 e. The van der Waals surface area contributed by atoms with Crippen LogP contribution in [-0.4, -0.2) is 36.6 Å². The molecule has 132 valence electrons. The van der Waals surface area contributed by atoms with E-state index < -0.39 is 0 Å². The van der Waals surface area contributed by atoms with Crippen molar-refractivity contribution in [2.45, 2.75) is 37.2 Å². The van der Waals surface area contributed by atoms with E-state index >= 15 is 0 Å². The fourth-order valence-electron chi connectivity index (χ4n) is 2.45. The van der Waals surface area contributed by atoms with Gasteiger partial charge in [-0.3, -0.25) is 4.68 Å². The maximum absolute atomic E-state index is 5.23. The summed E-state index contributed by atoms with van der Waals surface area (Å²) in [7, 11) is 3.56. The number of rotatable bonds is 8. The van der Waals surface area contributed by atoms with Crippen molar-refractivity contribution >= 4 is 11.8 Å². The number of aromatic nitrogens is 6. The fourth-order valence-corrected chi connectivity index (χ4v) is 3.40. The first-order valence-electron chi connectivity index (χ1n) is 8.26. The number of benzene rings is 1. The van der Waals surface area contributed by atoms with Crippen molar-refractivity contribution in [3.63, 3.8) is 0 Å². The predicted molar refractivity (Wildman–Crippen MR) is 97.5 cm³/mol. The molecule has 0 radical (unpaired) electrons. The van der Waals surface area contributed by atoms with Crippen LogP contribution in [0.5, 0.6) is 5.75 Å². The van der Waals surface area contributed by atoms with Crippen LogP contribution >= 0.6 is 11.8 Å². The van der Waals surface area contributed by atoms with Crippen LogP contribution in [0.15, 0.2) is 35.7 Å². The lowest BCUT2D eigenvalue weighted by atomic mass is 10.2. The molecule has 0 bridgehead atoms. The molecule has 25 heavy (non-hydrogen) atoms. The third-order valence-electron chi connectivity index (χ3n) is 3.94. The lowest BCUT2D eigenvalue weighted by Crippen LogP contribution is -2.04. The first kappa shape index (κ1) is 17.5. The predicted octanol–water partition coefficient (Wildman–Crippen LogP) is 3.17. The third-order valence-corrected chi connectivity index (χ3v) is 4.90. The molecule has 0 aliphatic rings. The van der Waals surface area contributed by atoms with Gasteiger partial charge >= 0.3 is 0 Å². The first-order valence-corrected chi connectivity index (χ1v) is 9.24. The summed E-state index contributed by atoms with van der Waals surface area (Å²) in [6, 6.07) is 7.92. The standard InChI is InChI=1S/C17H22N6OS/c1-4-5-10-23-16(13-6-8-14(24-3)9-7-13)20-21-17(23)25-11-15-18-12-19-22(15)2/h6-9,12H,4-5,10-11H2,1-3H3. The van der Waals surface area contributed by atoms with Gasteiger partial charge in [0.05, 0.1) is 12.9 Å². The van der Waals surface area contributed by atoms with E-state index in [9.17, 15) is 0 Å². The van der Waals surface area contributed by atoms with E-state index in [-0.39, 0.29) is 0 Å². The Balaban J connectivity index is 1.85. The average molecular weight is 358 g/mol. The van der Waals surface area contributed by atoms with E-state index in [1.165, 1.54) is 0 Å². The van der Waals surface area contributed by atoms with Crippen LogP contribution in [0.25, 0.3) is 11.4 Å². The number of nitrogens with zero attached hydrogens (tertiary/aromatic N) is 6. The Bertz CT molecular complexity index is 811. The Morgan fingerprint density at radius 2 is 1.96 bits per heavy atom. The number of unbranched alkanes of at least 4 members (excludes halogenated alkanes) is 1. The van der Waals surface area contributed by atoms with Crippen molar-refractivity contribution in [1.82, 2.24) is 29.5 Å². The third kappa shape index (κ3) is 4.01. The highest BCUT2D eigenvalue weighted by Gasteiger charge is 2.15. The van der Waals surface area contributed by atoms with Crippen LogP contribution in [-0.2, 0) is 19.3 Å². The van der Waals surface area contributed by atoms with Crippen molar-refractivity contribution in [1.29, 1.82) is 0 Å². The number of methoxy groups -OCH3 is 1. The number of hydrogen-bond acceptors (Lipinski definition) is 6. The van der Waals surface area contributed by atoms with Crippen LogP contribution in [0.2, 0.25) is 0 Å². The highest BCUT2D eigenvalue weighted by Crippen LogP contribution is 2.27. The van der Waals surface area contributed by atoms with Crippen molar-refractivity contribution in [3.05, 3.63) is 36.4 Å². The summed E-state index contributed by atoms with van der Waals surface area (Å²) >= 11 is 1.63. The molecule has 0 saturated carbocycles. The van der Waals surface area contributed by atoms with Crippen LogP contribution in [0.4, 0.5) is 0 Å². The largest absolute Gasteiger partial charge is 0.497 e. The zero-order chi connectivity index (χ0) is 17.6. The lowest BCUT2D eigenvalue weighted by Gasteiger charge is -2.10. The summed E-state index contributed by atoms with van der Waals surface area (Å²) in [5.74, 6) is 3.35. The minimum atomic E-state index is 0.712. The van der Waals surface area contributed by atoms with Crippen molar-refractivity contribution in [3.8, 4) is 17.1 Å². The Morgan fingerprint density at radius 3 is 2.60 bits per heavy atom. The van der Waals surface area contributed by atoms with Gasteiger partial charge in [-0.15, -0.1) is 10.2 Å². The zero-order valence-corrected chi connectivity index (χ0v) is 15.5.